The summed E-state index contributed by atoms with van der Waals surface area (Å²) in [6.07, 6.45) is 0.613. The minimum Gasteiger partial charge on any atom is -0.440 e. The van der Waals surface area contributed by atoms with Crippen molar-refractivity contribution in [3.8, 4) is 6.07 Å². The van der Waals surface area contributed by atoms with Gasteiger partial charge < -0.3 is 19.4 Å². The molecule has 0 unspecified atom stereocenters. The van der Waals surface area contributed by atoms with E-state index in [1.165, 1.54) is 11.2 Å². The number of halogens is 3. The van der Waals surface area contributed by atoms with E-state index in [0.29, 0.717) is 24.5 Å². The van der Waals surface area contributed by atoms with Crippen molar-refractivity contribution in [2.24, 2.45) is 0 Å². The van der Waals surface area contributed by atoms with Gasteiger partial charge in [-0.05, 0) is 38.8 Å². The molecule has 9 nitrogen and oxygen atoms in total. The number of amides is 1. The number of carbonyl (C=O) groups is 1. The van der Waals surface area contributed by atoms with Gasteiger partial charge >= 0.3 is 12.3 Å². The summed E-state index contributed by atoms with van der Waals surface area (Å²) in [4.78, 5) is 31.6. The van der Waals surface area contributed by atoms with Crippen LogP contribution in [0.4, 0.5) is 35.4 Å². The van der Waals surface area contributed by atoms with Crippen LogP contribution in [0.3, 0.4) is 0 Å². The van der Waals surface area contributed by atoms with Gasteiger partial charge in [0.1, 0.15) is 23.8 Å². The van der Waals surface area contributed by atoms with Crippen LogP contribution in [0.5, 0.6) is 0 Å². The average molecular weight is 502 g/mol. The molecule has 190 valence electrons. The Morgan fingerprint density at radius 3 is 2.61 bits per heavy atom. The molecule has 1 aliphatic carbocycles. The Labute approximate surface area is 206 Å². The van der Waals surface area contributed by atoms with Crippen molar-refractivity contribution in [1.29, 1.82) is 5.26 Å². The minimum atomic E-state index is -4.57. The highest BCUT2D eigenvalue weighted by atomic mass is 19.4. The van der Waals surface area contributed by atoms with E-state index in [4.69, 9.17) is 0 Å². The summed E-state index contributed by atoms with van der Waals surface area (Å²) < 4.78 is 42.1. The van der Waals surface area contributed by atoms with Gasteiger partial charge in [0.25, 0.3) is 0 Å². The summed E-state index contributed by atoms with van der Waals surface area (Å²) >= 11 is 0. The van der Waals surface area contributed by atoms with Gasteiger partial charge in [-0.2, -0.15) is 18.4 Å². The maximum absolute atomic E-state index is 12.5. The molecule has 5 rings (SSSR count). The first-order chi connectivity index (χ1) is 17.1. The molecule has 12 heteroatoms. The molecule has 2 atom stereocenters. The standard InChI is InChI=1S/C24H26F3N7O2/c1-15-11-33(22(35)36-13-24(25,26)27)16(2)10-32(15)20-19-21(31-14-30-20)34(12-23(19)5-3-6-23)18-8-17(9-28)4-7-29-18/h4,7-8,14-16H,3,5-6,10-13H2,1-2H3/t15-,16+/m0/s1. The van der Waals surface area contributed by atoms with Crippen molar-refractivity contribution in [2.75, 3.05) is 36.0 Å². The zero-order valence-corrected chi connectivity index (χ0v) is 20.0. The Balaban J connectivity index is 1.44. The van der Waals surface area contributed by atoms with E-state index in [1.807, 2.05) is 11.8 Å². The summed E-state index contributed by atoms with van der Waals surface area (Å²) in [5.74, 6) is 2.19. The van der Waals surface area contributed by atoms with E-state index < -0.39 is 18.9 Å². The van der Waals surface area contributed by atoms with Crippen molar-refractivity contribution in [3.63, 3.8) is 0 Å². The first-order valence-electron chi connectivity index (χ1n) is 11.9. The fraction of sp³-hybridized carbons (Fsp3) is 0.542. The quantitative estimate of drug-likeness (QED) is 0.624. The Bertz CT molecular complexity index is 1210. The lowest BCUT2D eigenvalue weighted by Gasteiger charge is -2.46. The molecule has 2 aliphatic heterocycles. The highest BCUT2D eigenvalue weighted by Gasteiger charge is 2.52. The predicted octanol–water partition coefficient (Wildman–Crippen LogP) is 3.91. The number of hydrogen-bond donors (Lipinski definition) is 0. The summed E-state index contributed by atoms with van der Waals surface area (Å²) in [6, 6.07) is 4.98. The minimum absolute atomic E-state index is 0.137. The molecule has 0 radical (unpaired) electrons. The van der Waals surface area contributed by atoms with Crippen LogP contribution in [-0.2, 0) is 10.2 Å². The number of nitriles is 1. The number of nitrogens with zero attached hydrogens (tertiary/aromatic N) is 7. The van der Waals surface area contributed by atoms with E-state index in [2.05, 4.69) is 30.7 Å². The molecule has 2 aromatic rings. The number of rotatable bonds is 3. The van der Waals surface area contributed by atoms with Gasteiger partial charge in [0.15, 0.2) is 6.61 Å². The van der Waals surface area contributed by atoms with Crippen LogP contribution in [-0.4, -0.2) is 70.4 Å². The van der Waals surface area contributed by atoms with Crippen LogP contribution >= 0.6 is 0 Å². The summed E-state index contributed by atoms with van der Waals surface area (Å²) in [5.41, 5.74) is 1.41. The number of fused-ring (bicyclic) bond motifs is 2. The van der Waals surface area contributed by atoms with Gasteiger partial charge in [0, 0.05) is 48.9 Å². The molecule has 36 heavy (non-hydrogen) atoms. The molecule has 1 spiro atoms. The molecule has 1 amide bonds. The fourth-order valence-corrected chi connectivity index (χ4v) is 5.46. The van der Waals surface area contributed by atoms with E-state index in [-0.39, 0.29) is 24.0 Å². The summed E-state index contributed by atoms with van der Waals surface area (Å²) in [7, 11) is 0. The van der Waals surface area contributed by atoms with Crippen molar-refractivity contribution < 1.29 is 22.7 Å². The topological polar surface area (TPSA) is 98.5 Å². The Morgan fingerprint density at radius 1 is 1.19 bits per heavy atom. The third-order valence-electron chi connectivity index (χ3n) is 7.37. The molecular weight excluding hydrogens is 475 g/mol. The first kappa shape index (κ1) is 24.1. The second-order valence-corrected chi connectivity index (χ2v) is 9.80. The molecule has 1 saturated carbocycles. The van der Waals surface area contributed by atoms with Crippen molar-refractivity contribution in [1.82, 2.24) is 19.9 Å². The Kier molecular flexibility index (Phi) is 5.89. The molecule has 0 aromatic carbocycles. The number of pyridine rings is 1. The third kappa shape index (κ3) is 4.16. The fourth-order valence-electron chi connectivity index (χ4n) is 5.46. The van der Waals surface area contributed by atoms with Crippen LogP contribution in [0.15, 0.2) is 24.7 Å². The Hall–Kier alpha value is -3.62. The number of carbonyl (C=O) groups excluding carboxylic acids is 1. The molecule has 2 aromatic heterocycles. The molecule has 0 N–H and O–H groups in total. The van der Waals surface area contributed by atoms with Gasteiger partial charge in [-0.15, -0.1) is 0 Å². The number of hydrogen-bond acceptors (Lipinski definition) is 8. The molecule has 0 bridgehead atoms. The predicted molar refractivity (Wildman–Crippen MR) is 124 cm³/mol. The second-order valence-electron chi connectivity index (χ2n) is 9.80. The highest BCUT2D eigenvalue weighted by Crippen LogP contribution is 2.56. The second kappa shape index (κ2) is 8.80. The first-order valence-corrected chi connectivity index (χ1v) is 11.9. The van der Waals surface area contributed by atoms with Gasteiger partial charge in [0.05, 0.1) is 11.6 Å². The number of piperazine rings is 1. The van der Waals surface area contributed by atoms with Crippen molar-refractivity contribution >= 4 is 23.5 Å². The lowest BCUT2D eigenvalue weighted by Crippen LogP contribution is -2.59. The molecule has 3 aliphatic rings. The maximum Gasteiger partial charge on any atom is 0.422 e. The summed E-state index contributed by atoms with van der Waals surface area (Å²) in [5, 5.41) is 9.34. The SMILES string of the molecule is C[C@@H]1CN(c2ncnc3c2C2(CCC2)CN3c2cc(C#N)ccn2)[C@@H](C)CN1C(=O)OCC(F)(F)F. The van der Waals surface area contributed by atoms with Crippen molar-refractivity contribution in [3.05, 3.63) is 35.8 Å². The zero-order valence-electron chi connectivity index (χ0n) is 20.0. The number of alkyl halides is 3. The average Bonchev–Trinajstić information content (AvgIpc) is 3.20. The van der Waals surface area contributed by atoms with Crippen LogP contribution in [0.2, 0.25) is 0 Å². The number of ether oxygens (including phenoxy) is 1. The van der Waals surface area contributed by atoms with Crippen LogP contribution < -0.4 is 9.80 Å². The molecule has 1 saturated heterocycles. The third-order valence-corrected chi connectivity index (χ3v) is 7.37. The van der Waals surface area contributed by atoms with Gasteiger partial charge in [-0.3, -0.25) is 0 Å². The number of aromatic nitrogens is 3. The summed E-state index contributed by atoms with van der Waals surface area (Å²) in [6.45, 7) is 3.39. The zero-order chi connectivity index (χ0) is 25.7. The molecular formula is C24H26F3N7O2. The smallest absolute Gasteiger partial charge is 0.422 e. The van der Waals surface area contributed by atoms with E-state index >= 15 is 0 Å². The highest BCUT2D eigenvalue weighted by molar-refractivity contribution is 5.75. The van der Waals surface area contributed by atoms with Gasteiger partial charge in [-0.1, -0.05) is 6.42 Å². The van der Waals surface area contributed by atoms with E-state index in [0.717, 1.165) is 36.5 Å². The monoisotopic (exact) mass is 501 g/mol. The maximum atomic E-state index is 12.5. The largest absolute Gasteiger partial charge is 0.440 e. The van der Waals surface area contributed by atoms with Gasteiger partial charge in [0.2, 0.25) is 0 Å². The Morgan fingerprint density at radius 2 is 1.94 bits per heavy atom. The normalized spacial score (nSPS) is 22.7. The lowest BCUT2D eigenvalue weighted by molar-refractivity contribution is -0.163. The van der Waals surface area contributed by atoms with Crippen LogP contribution in [0.25, 0.3) is 0 Å². The van der Waals surface area contributed by atoms with Crippen molar-refractivity contribution in [2.45, 2.75) is 56.8 Å². The van der Waals surface area contributed by atoms with Crippen LogP contribution in [0.1, 0.15) is 44.2 Å². The van der Waals surface area contributed by atoms with E-state index in [1.54, 1.807) is 25.3 Å². The van der Waals surface area contributed by atoms with E-state index in [9.17, 15) is 23.2 Å². The lowest BCUT2D eigenvalue weighted by atomic mass is 9.66. The number of anilines is 3. The van der Waals surface area contributed by atoms with Gasteiger partial charge in [-0.25, -0.2) is 19.7 Å². The molecule has 4 heterocycles. The molecule has 2 fully saturated rings. The van der Waals surface area contributed by atoms with Crippen LogP contribution in [0, 0.1) is 11.3 Å².